The minimum absolute atomic E-state index is 0.141. The quantitative estimate of drug-likeness (QED) is 0.583. The van der Waals surface area contributed by atoms with Gasteiger partial charge < -0.3 is 20.3 Å². The lowest BCUT2D eigenvalue weighted by Crippen LogP contribution is -2.38. The fourth-order valence-electron chi connectivity index (χ4n) is 4.53. The zero-order chi connectivity index (χ0) is 22.8. The molecule has 176 valence electrons. The third-order valence-corrected chi connectivity index (χ3v) is 6.36. The molecule has 0 unspecified atom stereocenters. The number of fused-ring (bicyclic) bond motifs is 1. The van der Waals surface area contributed by atoms with Gasteiger partial charge >= 0.3 is 0 Å². The minimum atomic E-state index is -2.77. The first-order valence-corrected chi connectivity index (χ1v) is 11.4. The van der Waals surface area contributed by atoms with Gasteiger partial charge in [-0.2, -0.15) is 15.0 Å². The van der Waals surface area contributed by atoms with Crippen molar-refractivity contribution in [2.24, 2.45) is 0 Å². The van der Waals surface area contributed by atoms with Crippen LogP contribution in [0.4, 0.5) is 20.7 Å². The number of aromatic nitrogens is 5. The number of nitrogens with zero attached hydrogens (tertiary/aromatic N) is 6. The van der Waals surface area contributed by atoms with Crippen LogP contribution >= 0.6 is 0 Å². The number of para-hydroxylation sites is 2. The van der Waals surface area contributed by atoms with Gasteiger partial charge in [0, 0.05) is 25.2 Å². The Morgan fingerprint density at radius 1 is 0.939 bits per heavy atom. The lowest BCUT2D eigenvalue weighted by atomic mass is 9.91. The van der Waals surface area contributed by atoms with Crippen molar-refractivity contribution in [2.75, 3.05) is 43.6 Å². The van der Waals surface area contributed by atoms with Crippen molar-refractivity contribution in [1.29, 1.82) is 0 Å². The first-order valence-electron chi connectivity index (χ1n) is 11.4. The molecule has 2 aliphatic rings. The third-order valence-electron chi connectivity index (χ3n) is 6.36. The molecule has 1 saturated heterocycles. The average Bonchev–Trinajstić information content (AvgIpc) is 3.25. The molecule has 3 heterocycles. The number of alkyl halides is 2. The molecule has 1 aromatic carbocycles. The highest BCUT2D eigenvalue weighted by Gasteiger charge is 2.26. The molecule has 3 aromatic rings. The predicted octanol–water partition coefficient (Wildman–Crippen LogP) is 2.93. The van der Waals surface area contributed by atoms with Gasteiger partial charge in [0.2, 0.25) is 17.8 Å². The number of imidazole rings is 1. The number of hydrogen-bond acceptors (Lipinski definition) is 8. The lowest BCUT2D eigenvalue weighted by Gasteiger charge is -2.30. The average molecular weight is 459 g/mol. The molecule has 0 radical (unpaired) electrons. The Kier molecular flexibility index (Phi) is 6.32. The fourth-order valence-corrected chi connectivity index (χ4v) is 4.53. The van der Waals surface area contributed by atoms with Crippen molar-refractivity contribution in [2.45, 2.75) is 44.2 Å². The van der Waals surface area contributed by atoms with E-state index in [9.17, 15) is 8.78 Å². The molecular formula is C22H28F2N8O. The Hall–Kier alpha value is -2.92. The largest absolute Gasteiger partial charge is 0.378 e. The van der Waals surface area contributed by atoms with Gasteiger partial charge in [0.25, 0.3) is 6.43 Å². The molecule has 2 N–H and O–H groups in total. The van der Waals surface area contributed by atoms with Gasteiger partial charge in [-0.25, -0.2) is 13.8 Å². The van der Waals surface area contributed by atoms with Crippen LogP contribution in [-0.2, 0) is 4.74 Å². The first-order chi connectivity index (χ1) is 16.1. The number of anilines is 2. The smallest absolute Gasteiger partial charge is 0.296 e. The first kappa shape index (κ1) is 21.9. The second-order valence-electron chi connectivity index (χ2n) is 8.43. The van der Waals surface area contributed by atoms with Gasteiger partial charge in [-0.15, -0.1) is 0 Å². The molecule has 5 rings (SSSR count). The van der Waals surface area contributed by atoms with Crippen LogP contribution in [0.3, 0.4) is 0 Å². The molecule has 1 aliphatic heterocycles. The van der Waals surface area contributed by atoms with E-state index in [-0.39, 0.29) is 17.8 Å². The zero-order valence-electron chi connectivity index (χ0n) is 18.5. The van der Waals surface area contributed by atoms with Gasteiger partial charge in [-0.1, -0.05) is 12.1 Å². The Morgan fingerprint density at radius 3 is 2.36 bits per heavy atom. The van der Waals surface area contributed by atoms with Crippen molar-refractivity contribution < 1.29 is 13.5 Å². The number of ether oxygens (including phenoxy) is 1. The van der Waals surface area contributed by atoms with Crippen molar-refractivity contribution in [3.8, 4) is 5.95 Å². The summed E-state index contributed by atoms with van der Waals surface area (Å²) in [7, 11) is 1.99. The number of hydrogen-bond donors (Lipinski definition) is 2. The number of morpholine rings is 1. The molecule has 0 atom stereocenters. The summed E-state index contributed by atoms with van der Waals surface area (Å²) in [6.07, 6.45) is 1.31. The van der Waals surface area contributed by atoms with Crippen LogP contribution in [-0.4, -0.2) is 69.9 Å². The standard InChI is InChI=1S/C22H28F2N8O/c1-25-14-6-8-15(9-7-14)26-20-28-21(31-10-12-33-13-11-31)30-22(29-20)32-17-5-3-2-4-16(17)27-19(32)18(23)24/h2-5,14-15,18,25H,6-13H2,1H3,(H,26,28,29,30)/t14-,15-. The second-order valence-corrected chi connectivity index (χ2v) is 8.43. The van der Waals surface area contributed by atoms with Crippen LogP contribution in [0.2, 0.25) is 0 Å². The lowest BCUT2D eigenvalue weighted by molar-refractivity contribution is 0.122. The molecule has 2 aromatic heterocycles. The third kappa shape index (κ3) is 4.60. The number of halogens is 2. The van der Waals surface area contributed by atoms with Crippen molar-refractivity contribution in [3.05, 3.63) is 30.1 Å². The maximum atomic E-state index is 13.9. The molecular weight excluding hydrogens is 430 g/mol. The van der Waals surface area contributed by atoms with Gasteiger partial charge in [-0.3, -0.25) is 4.57 Å². The van der Waals surface area contributed by atoms with Gasteiger partial charge in [0.05, 0.1) is 24.2 Å². The normalized spacial score (nSPS) is 21.6. The Morgan fingerprint density at radius 2 is 1.64 bits per heavy atom. The number of benzene rings is 1. The van der Waals surface area contributed by atoms with E-state index in [0.717, 1.165) is 25.7 Å². The summed E-state index contributed by atoms with van der Waals surface area (Å²) in [5.74, 6) is 0.609. The van der Waals surface area contributed by atoms with E-state index >= 15 is 0 Å². The van der Waals surface area contributed by atoms with Crippen LogP contribution in [0, 0.1) is 0 Å². The molecule has 0 spiro atoms. The summed E-state index contributed by atoms with van der Waals surface area (Å²) in [6.45, 7) is 2.38. The maximum absolute atomic E-state index is 13.9. The molecule has 1 saturated carbocycles. The van der Waals surface area contributed by atoms with Gasteiger partial charge in [0.15, 0.2) is 5.82 Å². The van der Waals surface area contributed by atoms with E-state index in [4.69, 9.17) is 4.74 Å². The Labute approximate surface area is 190 Å². The molecule has 11 heteroatoms. The van der Waals surface area contributed by atoms with E-state index in [0.29, 0.717) is 55.3 Å². The zero-order valence-corrected chi connectivity index (χ0v) is 18.5. The SMILES string of the molecule is CN[C@H]1CC[C@H](Nc2nc(N3CCOCC3)nc(-n3c(C(F)F)nc4ccccc43)n2)CC1. The van der Waals surface area contributed by atoms with E-state index in [1.807, 2.05) is 11.9 Å². The number of rotatable bonds is 6. The highest BCUT2D eigenvalue weighted by atomic mass is 19.3. The Balaban J connectivity index is 1.55. The van der Waals surface area contributed by atoms with Crippen molar-refractivity contribution >= 4 is 22.9 Å². The van der Waals surface area contributed by atoms with Crippen LogP contribution in [0.25, 0.3) is 17.0 Å². The highest BCUT2D eigenvalue weighted by Crippen LogP contribution is 2.28. The summed E-state index contributed by atoms with van der Waals surface area (Å²) in [6, 6.07) is 7.76. The van der Waals surface area contributed by atoms with Crippen molar-refractivity contribution in [3.63, 3.8) is 0 Å². The van der Waals surface area contributed by atoms with Crippen LogP contribution in [0.15, 0.2) is 24.3 Å². The summed E-state index contributed by atoms with van der Waals surface area (Å²) in [5.41, 5.74) is 1.01. The maximum Gasteiger partial charge on any atom is 0.296 e. The van der Waals surface area contributed by atoms with E-state index in [1.165, 1.54) is 4.57 Å². The highest BCUT2D eigenvalue weighted by molar-refractivity contribution is 5.77. The summed E-state index contributed by atoms with van der Waals surface area (Å²) >= 11 is 0. The van der Waals surface area contributed by atoms with Gasteiger partial charge in [-0.05, 0) is 44.9 Å². The van der Waals surface area contributed by atoms with E-state index in [1.54, 1.807) is 24.3 Å². The molecule has 2 fully saturated rings. The second kappa shape index (κ2) is 9.52. The van der Waals surface area contributed by atoms with Crippen LogP contribution < -0.4 is 15.5 Å². The summed E-state index contributed by atoms with van der Waals surface area (Å²) in [4.78, 5) is 20.0. The van der Waals surface area contributed by atoms with Crippen LogP contribution in [0.5, 0.6) is 0 Å². The molecule has 33 heavy (non-hydrogen) atoms. The fraction of sp³-hybridized carbons (Fsp3) is 0.545. The van der Waals surface area contributed by atoms with E-state index in [2.05, 4.69) is 30.6 Å². The summed E-state index contributed by atoms with van der Waals surface area (Å²) < 4.78 is 34.7. The Bertz CT molecular complexity index is 1090. The minimum Gasteiger partial charge on any atom is -0.378 e. The monoisotopic (exact) mass is 458 g/mol. The topological polar surface area (TPSA) is 93.0 Å². The van der Waals surface area contributed by atoms with E-state index < -0.39 is 6.43 Å². The molecule has 1 aliphatic carbocycles. The molecule has 0 amide bonds. The number of nitrogens with one attached hydrogen (secondary N) is 2. The van der Waals surface area contributed by atoms with Crippen LogP contribution in [0.1, 0.15) is 37.9 Å². The van der Waals surface area contributed by atoms with Crippen molar-refractivity contribution in [1.82, 2.24) is 29.8 Å². The summed E-state index contributed by atoms with van der Waals surface area (Å²) in [5, 5.41) is 6.77. The predicted molar refractivity (Wildman–Crippen MR) is 121 cm³/mol. The molecule has 9 nitrogen and oxygen atoms in total. The van der Waals surface area contributed by atoms with Gasteiger partial charge in [0.1, 0.15) is 0 Å². The molecule has 0 bridgehead atoms.